The molecule has 0 heterocycles. The molecular weight excluding hydrogens is 435 g/mol. The number of halogens is 3. The molecule has 2 aromatic rings. The van der Waals surface area contributed by atoms with Gasteiger partial charge in [0.05, 0.1) is 14.7 Å². The van der Waals surface area contributed by atoms with Crippen molar-refractivity contribution in [3.05, 3.63) is 48.5 Å². The third-order valence-electron chi connectivity index (χ3n) is 3.94. The van der Waals surface area contributed by atoms with Gasteiger partial charge in [0.25, 0.3) is 5.91 Å². The highest BCUT2D eigenvalue weighted by molar-refractivity contribution is 7.94. The van der Waals surface area contributed by atoms with Crippen molar-refractivity contribution in [1.29, 1.82) is 0 Å². The maximum atomic E-state index is 12.8. The Hall–Kier alpha value is -2.44. The molecule has 7 nitrogen and oxygen atoms in total. The second kappa shape index (κ2) is 7.43. The standard InChI is InChI=1S/C17H16F3NO6S2/c1-16(23,17(18,19)20)15(22)21-11-8-9-13(14(10-11)28(2,24)25)29(26,27)12-6-4-3-5-7-12/h3-10,23H,1-2H3,(H,21,22). The summed E-state index contributed by atoms with van der Waals surface area (Å²) >= 11 is 0. The van der Waals surface area contributed by atoms with Crippen LogP contribution >= 0.6 is 0 Å². The first-order valence-electron chi connectivity index (χ1n) is 7.83. The Kier molecular flexibility index (Phi) is 5.85. The topological polar surface area (TPSA) is 118 Å². The summed E-state index contributed by atoms with van der Waals surface area (Å²) in [6.07, 6.45) is -4.57. The monoisotopic (exact) mass is 451 g/mol. The zero-order valence-corrected chi connectivity index (χ0v) is 16.7. The van der Waals surface area contributed by atoms with Gasteiger partial charge >= 0.3 is 6.18 Å². The Morgan fingerprint density at radius 3 is 2.00 bits per heavy atom. The van der Waals surface area contributed by atoms with Crippen LogP contribution in [-0.4, -0.2) is 45.9 Å². The van der Waals surface area contributed by atoms with Gasteiger partial charge in [-0.15, -0.1) is 0 Å². The molecular formula is C17H16F3NO6S2. The molecule has 0 aliphatic carbocycles. The average molecular weight is 451 g/mol. The van der Waals surface area contributed by atoms with Crippen molar-refractivity contribution in [2.75, 3.05) is 11.6 Å². The first-order valence-corrected chi connectivity index (χ1v) is 11.2. The number of carbonyl (C=O) groups excluding carboxylic acids is 1. The molecule has 2 aromatic carbocycles. The van der Waals surface area contributed by atoms with E-state index in [0.29, 0.717) is 6.26 Å². The molecule has 158 valence electrons. The number of carbonyl (C=O) groups is 1. The fourth-order valence-electron chi connectivity index (χ4n) is 2.21. The van der Waals surface area contributed by atoms with E-state index < -0.39 is 52.8 Å². The summed E-state index contributed by atoms with van der Waals surface area (Å²) in [5.74, 6) is -1.86. The Morgan fingerprint density at radius 1 is 0.966 bits per heavy atom. The molecule has 0 bridgehead atoms. The van der Waals surface area contributed by atoms with E-state index in [1.54, 1.807) is 11.4 Å². The summed E-state index contributed by atoms with van der Waals surface area (Å²) in [5.41, 5.74) is -4.18. The number of hydrogen-bond acceptors (Lipinski definition) is 6. The molecule has 0 fully saturated rings. The summed E-state index contributed by atoms with van der Waals surface area (Å²) in [5, 5.41) is 11.1. The number of nitrogens with one attached hydrogen (secondary N) is 1. The molecule has 0 aromatic heterocycles. The smallest absolute Gasteiger partial charge is 0.373 e. The number of sulfone groups is 2. The van der Waals surface area contributed by atoms with E-state index in [0.717, 1.165) is 18.2 Å². The van der Waals surface area contributed by atoms with Crippen molar-refractivity contribution < 1.29 is 39.9 Å². The Labute approximate surface area is 165 Å². The van der Waals surface area contributed by atoms with Crippen LogP contribution in [0.25, 0.3) is 0 Å². The summed E-state index contributed by atoms with van der Waals surface area (Å²) < 4.78 is 88.1. The molecule has 0 aliphatic rings. The van der Waals surface area contributed by atoms with Gasteiger partial charge in [0, 0.05) is 11.9 Å². The van der Waals surface area contributed by atoms with Crippen LogP contribution in [0, 0.1) is 0 Å². The van der Waals surface area contributed by atoms with E-state index in [4.69, 9.17) is 0 Å². The van der Waals surface area contributed by atoms with E-state index in [1.807, 2.05) is 0 Å². The zero-order chi connectivity index (χ0) is 22.3. The molecule has 12 heteroatoms. The predicted molar refractivity (Wildman–Crippen MR) is 96.8 cm³/mol. The molecule has 2 N–H and O–H groups in total. The minimum absolute atomic E-state index is 0.193. The van der Waals surface area contributed by atoms with Crippen LogP contribution in [0.1, 0.15) is 6.92 Å². The van der Waals surface area contributed by atoms with E-state index in [9.17, 15) is 39.9 Å². The number of alkyl halides is 3. The van der Waals surface area contributed by atoms with Gasteiger partial charge in [0.1, 0.15) is 0 Å². The van der Waals surface area contributed by atoms with Crippen molar-refractivity contribution >= 4 is 31.3 Å². The number of rotatable bonds is 5. The molecule has 0 saturated carbocycles. The van der Waals surface area contributed by atoms with Gasteiger partial charge in [-0.2, -0.15) is 13.2 Å². The highest BCUT2D eigenvalue weighted by Crippen LogP contribution is 2.33. The van der Waals surface area contributed by atoms with Crippen LogP contribution in [0.3, 0.4) is 0 Å². The molecule has 1 unspecified atom stereocenters. The summed E-state index contributed by atoms with van der Waals surface area (Å²) in [4.78, 5) is 10.3. The van der Waals surface area contributed by atoms with E-state index >= 15 is 0 Å². The van der Waals surface area contributed by atoms with Crippen molar-refractivity contribution in [2.45, 2.75) is 33.4 Å². The van der Waals surface area contributed by atoms with Crippen LogP contribution in [0.4, 0.5) is 18.9 Å². The second-order valence-corrected chi connectivity index (χ2v) is 10.2. The van der Waals surface area contributed by atoms with Gasteiger partial charge in [-0.3, -0.25) is 4.79 Å². The van der Waals surface area contributed by atoms with Gasteiger partial charge in [-0.1, -0.05) is 18.2 Å². The maximum absolute atomic E-state index is 12.8. The SMILES string of the molecule is CC(O)(C(=O)Nc1ccc(S(=O)(=O)c2ccccc2)c(S(C)(=O)=O)c1)C(F)(F)F. The lowest BCUT2D eigenvalue weighted by Crippen LogP contribution is -2.52. The van der Waals surface area contributed by atoms with E-state index in [1.165, 1.54) is 24.3 Å². The highest BCUT2D eigenvalue weighted by atomic mass is 32.2. The van der Waals surface area contributed by atoms with Crippen LogP contribution < -0.4 is 5.32 Å². The molecule has 29 heavy (non-hydrogen) atoms. The molecule has 0 aliphatic heterocycles. The van der Waals surface area contributed by atoms with Crippen LogP contribution in [0.2, 0.25) is 0 Å². The summed E-state index contributed by atoms with van der Waals surface area (Å²) in [6.45, 7) is 0.230. The van der Waals surface area contributed by atoms with Crippen molar-refractivity contribution in [1.82, 2.24) is 0 Å². The number of anilines is 1. The normalized spacial score (nSPS) is 14.8. The third-order valence-corrected chi connectivity index (χ3v) is 7.03. The van der Waals surface area contributed by atoms with Crippen LogP contribution in [-0.2, 0) is 24.5 Å². The molecule has 0 saturated heterocycles. The fraction of sp³-hybridized carbons (Fsp3) is 0.235. The van der Waals surface area contributed by atoms with Crippen molar-refractivity contribution in [3.8, 4) is 0 Å². The fourth-order valence-corrected chi connectivity index (χ4v) is 5.10. The predicted octanol–water partition coefficient (Wildman–Crippen LogP) is 2.17. The first kappa shape index (κ1) is 22.8. The summed E-state index contributed by atoms with van der Waals surface area (Å²) in [6, 6.07) is 9.42. The minimum atomic E-state index is -5.28. The van der Waals surface area contributed by atoms with Crippen LogP contribution in [0.5, 0.6) is 0 Å². The Bertz CT molecular complexity index is 1140. The quantitative estimate of drug-likeness (QED) is 0.720. The lowest BCUT2D eigenvalue weighted by Gasteiger charge is -2.25. The lowest BCUT2D eigenvalue weighted by molar-refractivity contribution is -0.242. The molecule has 0 spiro atoms. The molecule has 1 amide bonds. The van der Waals surface area contributed by atoms with E-state index in [-0.39, 0.29) is 11.8 Å². The summed E-state index contributed by atoms with van der Waals surface area (Å²) in [7, 11) is -8.43. The minimum Gasteiger partial charge on any atom is -0.373 e. The number of hydrogen-bond donors (Lipinski definition) is 2. The second-order valence-electron chi connectivity index (χ2n) is 6.27. The molecule has 0 radical (unpaired) electrons. The lowest BCUT2D eigenvalue weighted by atomic mass is 10.1. The zero-order valence-electron chi connectivity index (χ0n) is 15.1. The van der Waals surface area contributed by atoms with Crippen LogP contribution in [0.15, 0.2) is 63.2 Å². The Morgan fingerprint density at radius 2 is 1.52 bits per heavy atom. The molecule has 1 atom stereocenters. The highest BCUT2D eigenvalue weighted by Gasteiger charge is 2.55. The van der Waals surface area contributed by atoms with E-state index in [2.05, 4.69) is 0 Å². The molecule has 2 rings (SSSR count). The van der Waals surface area contributed by atoms with Gasteiger partial charge in [-0.05, 0) is 37.3 Å². The number of benzene rings is 2. The Balaban J connectivity index is 2.56. The van der Waals surface area contributed by atoms with Gasteiger partial charge in [0.2, 0.25) is 15.4 Å². The van der Waals surface area contributed by atoms with Crippen molar-refractivity contribution in [3.63, 3.8) is 0 Å². The largest absolute Gasteiger partial charge is 0.426 e. The van der Waals surface area contributed by atoms with Gasteiger partial charge in [-0.25, -0.2) is 16.8 Å². The van der Waals surface area contributed by atoms with Gasteiger partial charge < -0.3 is 10.4 Å². The first-order chi connectivity index (χ1) is 13.1. The maximum Gasteiger partial charge on any atom is 0.426 e. The number of amides is 1. The third kappa shape index (κ3) is 4.60. The number of aliphatic hydroxyl groups is 1. The van der Waals surface area contributed by atoms with Crippen molar-refractivity contribution in [2.24, 2.45) is 0 Å². The van der Waals surface area contributed by atoms with Gasteiger partial charge in [0.15, 0.2) is 9.84 Å². The average Bonchev–Trinajstić information content (AvgIpc) is 2.60.